The number of esters is 1. The van der Waals surface area contributed by atoms with E-state index < -0.39 is 32.7 Å². The van der Waals surface area contributed by atoms with E-state index in [4.69, 9.17) is 48.5 Å². The molecule has 0 saturated heterocycles. The highest BCUT2D eigenvalue weighted by Gasteiger charge is 2.57. The van der Waals surface area contributed by atoms with Crippen LogP contribution in [0.3, 0.4) is 0 Å². The van der Waals surface area contributed by atoms with Crippen LogP contribution in [-0.4, -0.2) is 37.4 Å². The molecule has 6 atom stereocenters. The second-order valence-electron chi connectivity index (χ2n) is 9.84. The van der Waals surface area contributed by atoms with Crippen LogP contribution in [0.1, 0.15) is 69.0 Å². The molecule has 194 valence electrons. The summed E-state index contributed by atoms with van der Waals surface area (Å²) in [5.74, 6) is 0.472. The summed E-state index contributed by atoms with van der Waals surface area (Å²) in [7, 11) is -4.27. The molecule has 3 aliphatic carbocycles. The molecule has 2 fully saturated rings. The van der Waals surface area contributed by atoms with E-state index in [-0.39, 0.29) is 29.3 Å². The van der Waals surface area contributed by atoms with Gasteiger partial charge in [-0.1, -0.05) is 47.8 Å². The summed E-state index contributed by atoms with van der Waals surface area (Å²) < 4.78 is 41.9. The lowest BCUT2D eigenvalue weighted by molar-refractivity contribution is -0.142. The molecule has 8 nitrogen and oxygen atoms in total. The third kappa shape index (κ3) is 5.75. The lowest BCUT2D eigenvalue weighted by Gasteiger charge is -2.51. The van der Waals surface area contributed by atoms with Crippen molar-refractivity contribution in [1.29, 1.82) is 0 Å². The van der Waals surface area contributed by atoms with Crippen LogP contribution in [0.15, 0.2) is 18.2 Å². The maximum atomic E-state index is 12.8. The number of ether oxygens (including phenoxy) is 2. The summed E-state index contributed by atoms with van der Waals surface area (Å²) in [6.07, 6.45) is 3.79. The first kappa shape index (κ1) is 26.9. The molecule has 0 aliphatic heterocycles. The van der Waals surface area contributed by atoms with E-state index in [1.165, 1.54) is 6.92 Å². The molecule has 0 spiro atoms. The molecule has 12 heteroatoms. The number of hydrogen-bond acceptors (Lipinski definition) is 7. The van der Waals surface area contributed by atoms with E-state index in [9.17, 15) is 18.0 Å². The summed E-state index contributed by atoms with van der Waals surface area (Å²) in [6, 6.07) is 4.70. The molecular weight excluding hydrogens is 541 g/mol. The molecule has 0 radical (unpaired) electrons. The van der Waals surface area contributed by atoms with Gasteiger partial charge < -0.3 is 9.47 Å². The van der Waals surface area contributed by atoms with Gasteiger partial charge in [0.05, 0.1) is 0 Å². The topological polar surface area (TPSA) is 108 Å². The van der Waals surface area contributed by atoms with Gasteiger partial charge in [-0.3, -0.25) is 13.8 Å². The maximum Gasteiger partial charge on any atom is 0.336 e. The number of halogens is 3. The second-order valence-corrected chi connectivity index (χ2v) is 13.7. The Kier molecular flexibility index (Phi) is 7.69. The lowest BCUT2D eigenvalue weighted by Crippen LogP contribution is -2.47. The van der Waals surface area contributed by atoms with Gasteiger partial charge in [-0.15, -0.1) is 0 Å². The third-order valence-electron chi connectivity index (χ3n) is 7.84. The molecule has 0 bridgehead atoms. The number of rotatable bonds is 7. The minimum atomic E-state index is -4.27. The molecule has 0 aromatic heterocycles. The Bertz CT molecular complexity index is 1090. The molecule has 3 aliphatic rings. The Morgan fingerprint density at radius 3 is 2.63 bits per heavy atom. The number of nitrogens with one attached hydrogen (secondary N) is 1. The molecule has 0 heterocycles. The van der Waals surface area contributed by atoms with Gasteiger partial charge in [0.15, 0.2) is 0 Å². The monoisotopic (exact) mass is 567 g/mol. The fraction of sp³-hybridized carbons (Fsp3) is 0.652. The van der Waals surface area contributed by atoms with Gasteiger partial charge >= 0.3 is 16.3 Å². The van der Waals surface area contributed by atoms with Crippen molar-refractivity contribution in [3.05, 3.63) is 29.3 Å². The standard InChI is InChI=1S/C23H28Cl3NO7S/c1-13(29)34-14-3-4-15-16-7-8-22(2)19(5-6-21(22)32-12-28)17(16)10-20(18(15)9-14)27-35(30,31)33-11-23(24,25)26/h3-4,9,12,16-17,19-21,27H,5-8,10-11H2,1-2H3/t16-,17-,19+,20?,21+,22+/m1/s1. The zero-order valence-corrected chi connectivity index (χ0v) is 22.4. The summed E-state index contributed by atoms with van der Waals surface area (Å²) in [5.41, 5.74) is 1.56. The quantitative estimate of drug-likeness (QED) is 0.219. The molecule has 0 amide bonds. The van der Waals surface area contributed by atoms with Crippen LogP contribution in [0.2, 0.25) is 0 Å². The SMILES string of the molecule is CC(=O)Oc1ccc2c(c1)C(NS(=O)(=O)OCC(Cl)(Cl)Cl)C[C@@H]1[C@@H]2CC[C@]2(C)[C@@H](OC=O)CC[C@@H]12. The number of fused-ring (bicyclic) bond motifs is 5. The van der Waals surface area contributed by atoms with Crippen LogP contribution in [0.5, 0.6) is 5.75 Å². The normalized spacial score (nSPS) is 32.2. The predicted octanol–water partition coefficient (Wildman–Crippen LogP) is 4.73. The van der Waals surface area contributed by atoms with Gasteiger partial charge in [-0.2, -0.15) is 13.1 Å². The van der Waals surface area contributed by atoms with E-state index in [1.807, 2.05) is 6.07 Å². The average Bonchev–Trinajstić information content (AvgIpc) is 3.08. The highest BCUT2D eigenvalue weighted by Crippen LogP contribution is 2.62. The van der Waals surface area contributed by atoms with Crippen LogP contribution < -0.4 is 9.46 Å². The number of carbonyl (C=O) groups is 2. The molecule has 35 heavy (non-hydrogen) atoms. The van der Waals surface area contributed by atoms with E-state index in [0.717, 1.165) is 36.8 Å². The second kappa shape index (κ2) is 9.99. The third-order valence-corrected chi connectivity index (χ3v) is 9.17. The maximum absolute atomic E-state index is 12.8. The first-order valence-electron chi connectivity index (χ1n) is 11.5. The van der Waals surface area contributed by atoms with Crippen LogP contribution in [0.25, 0.3) is 0 Å². The zero-order chi connectivity index (χ0) is 25.6. The fourth-order valence-electron chi connectivity index (χ4n) is 6.53. The fourth-order valence-corrected chi connectivity index (χ4v) is 7.86. The highest BCUT2D eigenvalue weighted by molar-refractivity contribution is 7.84. The Morgan fingerprint density at radius 1 is 1.23 bits per heavy atom. The minimum Gasteiger partial charge on any atom is -0.464 e. The molecule has 4 rings (SSSR count). The van der Waals surface area contributed by atoms with E-state index >= 15 is 0 Å². The van der Waals surface area contributed by atoms with Crippen molar-refractivity contribution in [2.75, 3.05) is 6.61 Å². The number of carbonyl (C=O) groups excluding carboxylic acids is 2. The number of hydrogen-bond donors (Lipinski definition) is 1. The Hall–Kier alpha value is -1.10. The van der Waals surface area contributed by atoms with Crippen molar-refractivity contribution in [3.8, 4) is 5.75 Å². The van der Waals surface area contributed by atoms with Crippen molar-refractivity contribution in [2.24, 2.45) is 17.3 Å². The molecule has 1 unspecified atom stereocenters. The van der Waals surface area contributed by atoms with Gasteiger partial charge in [0.1, 0.15) is 18.5 Å². The number of alkyl halides is 3. The van der Waals surface area contributed by atoms with E-state index in [1.54, 1.807) is 12.1 Å². The molecule has 1 N–H and O–H groups in total. The molecule has 1 aromatic rings. The summed E-state index contributed by atoms with van der Waals surface area (Å²) in [5, 5.41) is 0. The average molecular weight is 569 g/mol. The Balaban J connectivity index is 1.68. The smallest absolute Gasteiger partial charge is 0.336 e. The van der Waals surface area contributed by atoms with Gasteiger partial charge in [-0.25, -0.2) is 0 Å². The summed E-state index contributed by atoms with van der Waals surface area (Å²) in [4.78, 5) is 22.6. The van der Waals surface area contributed by atoms with Crippen molar-refractivity contribution in [2.45, 2.75) is 67.8 Å². The largest absolute Gasteiger partial charge is 0.464 e. The Labute approximate surface area is 220 Å². The van der Waals surface area contributed by atoms with Crippen LogP contribution in [0, 0.1) is 17.3 Å². The van der Waals surface area contributed by atoms with Crippen molar-refractivity contribution in [3.63, 3.8) is 0 Å². The van der Waals surface area contributed by atoms with Crippen molar-refractivity contribution < 1.29 is 31.7 Å². The van der Waals surface area contributed by atoms with Gasteiger partial charge in [0, 0.05) is 18.4 Å². The molecule has 2 saturated carbocycles. The first-order valence-corrected chi connectivity index (χ1v) is 14.0. The van der Waals surface area contributed by atoms with Gasteiger partial charge in [-0.05, 0) is 73.1 Å². The van der Waals surface area contributed by atoms with E-state index in [2.05, 4.69) is 11.6 Å². The number of benzene rings is 1. The summed E-state index contributed by atoms with van der Waals surface area (Å²) >= 11 is 17.0. The van der Waals surface area contributed by atoms with E-state index in [0.29, 0.717) is 18.6 Å². The van der Waals surface area contributed by atoms with Gasteiger partial charge in [0.2, 0.25) is 3.79 Å². The first-order chi connectivity index (χ1) is 16.3. The molecule has 1 aromatic carbocycles. The van der Waals surface area contributed by atoms with Crippen molar-refractivity contribution in [1.82, 2.24) is 4.72 Å². The lowest BCUT2D eigenvalue weighted by atomic mass is 9.55. The molecular formula is C23H28Cl3NO7S. The van der Waals surface area contributed by atoms with Crippen molar-refractivity contribution >= 4 is 57.5 Å². The minimum absolute atomic E-state index is 0.151. The Morgan fingerprint density at radius 2 is 1.97 bits per heavy atom. The zero-order valence-electron chi connectivity index (χ0n) is 19.3. The van der Waals surface area contributed by atoms with Crippen LogP contribution >= 0.6 is 34.8 Å². The predicted molar refractivity (Wildman–Crippen MR) is 131 cm³/mol. The summed E-state index contributed by atoms with van der Waals surface area (Å²) in [6.45, 7) is 3.35. The highest BCUT2D eigenvalue weighted by atomic mass is 35.6. The van der Waals surface area contributed by atoms with Crippen LogP contribution in [-0.2, 0) is 28.8 Å². The van der Waals surface area contributed by atoms with Gasteiger partial charge in [0.25, 0.3) is 6.47 Å². The van der Waals surface area contributed by atoms with Crippen LogP contribution in [0.4, 0.5) is 0 Å².